The van der Waals surface area contributed by atoms with Gasteiger partial charge in [-0.2, -0.15) is 0 Å². The van der Waals surface area contributed by atoms with Gasteiger partial charge in [-0.3, -0.25) is 9.69 Å². The van der Waals surface area contributed by atoms with Crippen LogP contribution in [0.25, 0.3) is 0 Å². The molecular formula is C21H24N2O3. The predicted octanol–water partition coefficient (Wildman–Crippen LogP) is 2.29. The normalized spacial score (nSPS) is 28.2. The lowest BCUT2D eigenvalue weighted by Crippen LogP contribution is -2.34. The molecule has 26 heavy (non-hydrogen) atoms. The molecule has 2 aromatic rings. The topological polar surface area (TPSA) is 73.7 Å². The van der Waals surface area contributed by atoms with Crippen molar-refractivity contribution in [1.29, 1.82) is 0 Å². The summed E-state index contributed by atoms with van der Waals surface area (Å²) in [5, 5.41) is 20.3. The van der Waals surface area contributed by atoms with Crippen molar-refractivity contribution < 1.29 is 15.0 Å². The highest BCUT2D eigenvalue weighted by Crippen LogP contribution is 2.45. The molecule has 2 heterocycles. The van der Waals surface area contributed by atoms with Gasteiger partial charge in [0.05, 0.1) is 18.3 Å². The zero-order chi connectivity index (χ0) is 18.1. The Morgan fingerprint density at radius 1 is 1.12 bits per heavy atom. The number of rotatable bonds is 5. The number of carbonyl (C=O) groups excluding carboxylic acids is 1. The van der Waals surface area contributed by atoms with Gasteiger partial charge in [0.1, 0.15) is 11.4 Å². The van der Waals surface area contributed by atoms with E-state index in [0.29, 0.717) is 30.5 Å². The maximum Gasteiger partial charge on any atom is 0.195 e. The van der Waals surface area contributed by atoms with Gasteiger partial charge in [0.25, 0.3) is 0 Å². The van der Waals surface area contributed by atoms with Gasteiger partial charge in [0, 0.05) is 19.5 Å². The molecule has 1 aliphatic carbocycles. The molecule has 4 rings (SSSR count). The Kier molecular flexibility index (Phi) is 4.51. The van der Waals surface area contributed by atoms with E-state index in [1.54, 1.807) is 6.07 Å². The number of ketones is 1. The van der Waals surface area contributed by atoms with Gasteiger partial charge in [-0.15, -0.1) is 0 Å². The van der Waals surface area contributed by atoms with E-state index in [9.17, 15) is 15.0 Å². The first-order valence-corrected chi connectivity index (χ1v) is 9.18. The van der Waals surface area contributed by atoms with Gasteiger partial charge in [-0.1, -0.05) is 30.3 Å². The summed E-state index contributed by atoms with van der Waals surface area (Å²) in [6.45, 7) is 2.05. The van der Waals surface area contributed by atoms with E-state index in [0.717, 1.165) is 25.9 Å². The van der Waals surface area contributed by atoms with Crippen molar-refractivity contribution in [1.82, 2.24) is 9.88 Å². The van der Waals surface area contributed by atoms with Gasteiger partial charge >= 0.3 is 0 Å². The fraction of sp³-hybridized carbons (Fsp3) is 0.429. The first-order chi connectivity index (χ1) is 12.5. The number of hydrogen-bond donors (Lipinski definition) is 2. The van der Waals surface area contributed by atoms with Crippen LogP contribution in [0.2, 0.25) is 0 Å². The molecule has 0 radical (unpaired) electrons. The van der Waals surface area contributed by atoms with Crippen molar-refractivity contribution in [3.8, 4) is 5.75 Å². The third-order valence-corrected chi connectivity index (χ3v) is 5.71. The number of likely N-dealkylation sites (tertiary alicyclic amines) is 1. The SMILES string of the molecule is O=C(CN1C[C@@H]2C[C@](O)(Cc3ccccc3)C[C@@H]2C1)c1ccc(O)cn1. The Hall–Kier alpha value is -2.24. The van der Waals surface area contributed by atoms with E-state index in [1.165, 1.54) is 17.8 Å². The molecule has 1 saturated carbocycles. The van der Waals surface area contributed by atoms with E-state index < -0.39 is 5.60 Å². The first kappa shape index (κ1) is 17.2. The highest BCUT2D eigenvalue weighted by atomic mass is 16.3. The molecule has 2 fully saturated rings. The number of aromatic hydroxyl groups is 1. The summed E-state index contributed by atoms with van der Waals surface area (Å²) < 4.78 is 0. The molecule has 0 unspecified atom stereocenters. The molecule has 3 atom stereocenters. The Morgan fingerprint density at radius 2 is 1.81 bits per heavy atom. The van der Waals surface area contributed by atoms with Crippen molar-refractivity contribution in [2.45, 2.75) is 24.9 Å². The van der Waals surface area contributed by atoms with E-state index in [-0.39, 0.29) is 11.5 Å². The molecule has 1 aromatic carbocycles. The quantitative estimate of drug-likeness (QED) is 0.808. The smallest absolute Gasteiger partial charge is 0.195 e. The van der Waals surface area contributed by atoms with Gasteiger partial charge in [-0.25, -0.2) is 4.98 Å². The number of aliphatic hydroxyl groups is 1. The van der Waals surface area contributed by atoms with Crippen LogP contribution >= 0.6 is 0 Å². The molecule has 5 nitrogen and oxygen atoms in total. The molecule has 2 aliphatic rings. The number of nitrogens with zero attached hydrogens (tertiary/aromatic N) is 2. The highest BCUT2D eigenvalue weighted by molar-refractivity contribution is 5.95. The molecule has 1 saturated heterocycles. The van der Waals surface area contributed by atoms with Gasteiger partial charge in [0.2, 0.25) is 0 Å². The zero-order valence-corrected chi connectivity index (χ0v) is 14.7. The van der Waals surface area contributed by atoms with E-state index in [4.69, 9.17) is 0 Å². The Balaban J connectivity index is 1.33. The average molecular weight is 352 g/mol. The lowest BCUT2D eigenvalue weighted by Gasteiger charge is -2.26. The maximum absolute atomic E-state index is 12.4. The zero-order valence-electron chi connectivity index (χ0n) is 14.7. The third kappa shape index (κ3) is 3.64. The number of aromatic nitrogens is 1. The summed E-state index contributed by atoms with van der Waals surface area (Å²) in [5.74, 6) is 0.938. The highest BCUT2D eigenvalue weighted by Gasteiger charge is 2.48. The van der Waals surface area contributed by atoms with Crippen LogP contribution in [0.5, 0.6) is 5.75 Å². The number of pyridine rings is 1. The molecule has 0 spiro atoms. The number of carbonyl (C=O) groups is 1. The summed E-state index contributed by atoms with van der Waals surface area (Å²) in [6, 6.07) is 13.2. The van der Waals surface area contributed by atoms with Gasteiger partial charge < -0.3 is 10.2 Å². The van der Waals surface area contributed by atoms with Crippen LogP contribution in [-0.2, 0) is 6.42 Å². The van der Waals surface area contributed by atoms with Crippen LogP contribution in [0.15, 0.2) is 48.7 Å². The summed E-state index contributed by atoms with van der Waals surface area (Å²) in [5.41, 5.74) is 0.950. The van der Waals surface area contributed by atoms with Gasteiger partial charge in [0.15, 0.2) is 5.78 Å². The first-order valence-electron chi connectivity index (χ1n) is 9.18. The molecule has 1 aliphatic heterocycles. The maximum atomic E-state index is 12.4. The van der Waals surface area contributed by atoms with E-state index in [2.05, 4.69) is 22.0 Å². The monoisotopic (exact) mass is 352 g/mol. The molecule has 0 bridgehead atoms. The van der Waals surface area contributed by atoms with Crippen LogP contribution in [0, 0.1) is 11.8 Å². The van der Waals surface area contributed by atoms with Crippen LogP contribution < -0.4 is 0 Å². The Morgan fingerprint density at radius 3 is 2.42 bits per heavy atom. The van der Waals surface area contributed by atoms with Crippen LogP contribution in [0.3, 0.4) is 0 Å². The second-order valence-electron chi connectivity index (χ2n) is 7.83. The molecule has 1 aromatic heterocycles. The minimum Gasteiger partial charge on any atom is -0.506 e. The lowest BCUT2D eigenvalue weighted by molar-refractivity contribution is 0.0355. The summed E-state index contributed by atoms with van der Waals surface area (Å²) in [7, 11) is 0. The number of Topliss-reactive ketones (excluding diaryl/α,β-unsaturated/α-hetero) is 1. The number of benzene rings is 1. The minimum atomic E-state index is -0.620. The fourth-order valence-corrected chi connectivity index (χ4v) is 4.64. The second-order valence-corrected chi connectivity index (χ2v) is 7.83. The largest absolute Gasteiger partial charge is 0.506 e. The van der Waals surface area contributed by atoms with Crippen LogP contribution in [-0.4, -0.2) is 51.1 Å². The Bertz CT molecular complexity index is 762. The van der Waals surface area contributed by atoms with Crippen molar-refractivity contribution >= 4 is 5.78 Å². The van der Waals surface area contributed by atoms with Crippen molar-refractivity contribution in [3.05, 3.63) is 59.9 Å². The summed E-state index contributed by atoms with van der Waals surface area (Å²) in [4.78, 5) is 18.5. The van der Waals surface area contributed by atoms with Crippen LogP contribution in [0.4, 0.5) is 0 Å². The molecule has 5 heteroatoms. The lowest BCUT2D eigenvalue weighted by atomic mass is 9.91. The standard InChI is InChI=1S/C21H24N2O3/c24-18-6-7-19(22-11-18)20(25)14-23-12-16-9-21(26,10-17(16)13-23)8-15-4-2-1-3-5-15/h1-7,11,16-17,24,26H,8-10,12-14H2/t16-,17+,21+. The van der Waals surface area contributed by atoms with Crippen molar-refractivity contribution in [3.63, 3.8) is 0 Å². The predicted molar refractivity (Wildman–Crippen MR) is 98.0 cm³/mol. The van der Waals surface area contributed by atoms with E-state index in [1.807, 2.05) is 18.2 Å². The summed E-state index contributed by atoms with van der Waals surface area (Å²) in [6.07, 6.45) is 3.61. The average Bonchev–Trinajstić information content (AvgIpc) is 3.10. The second kappa shape index (κ2) is 6.82. The van der Waals surface area contributed by atoms with Crippen LogP contribution in [0.1, 0.15) is 28.9 Å². The van der Waals surface area contributed by atoms with Gasteiger partial charge in [-0.05, 0) is 42.4 Å². The number of fused-ring (bicyclic) bond motifs is 1. The van der Waals surface area contributed by atoms with E-state index >= 15 is 0 Å². The molecule has 136 valence electrons. The van der Waals surface area contributed by atoms with Crippen molar-refractivity contribution in [2.75, 3.05) is 19.6 Å². The minimum absolute atomic E-state index is 0.0236. The summed E-state index contributed by atoms with van der Waals surface area (Å²) >= 11 is 0. The molecule has 0 amide bonds. The van der Waals surface area contributed by atoms with Crippen molar-refractivity contribution in [2.24, 2.45) is 11.8 Å². The number of hydrogen-bond acceptors (Lipinski definition) is 5. The molecular weight excluding hydrogens is 328 g/mol. The fourth-order valence-electron chi connectivity index (χ4n) is 4.64. The Labute approximate surface area is 153 Å². The third-order valence-electron chi connectivity index (χ3n) is 5.71. The molecule has 2 N–H and O–H groups in total.